The fraction of sp³-hybridized carbons (Fsp3) is 0.296. The van der Waals surface area contributed by atoms with Gasteiger partial charge in [-0.3, -0.25) is 9.88 Å². The first-order valence-electron chi connectivity index (χ1n) is 12.2. The predicted octanol–water partition coefficient (Wildman–Crippen LogP) is 4.86. The van der Waals surface area contributed by atoms with Crippen molar-refractivity contribution in [3.8, 4) is 17.0 Å². The number of ether oxygens (including phenoxy) is 2. The van der Waals surface area contributed by atoms with E-state index in [1.807, 2.05) is 25.2 Å². The van der Waals surface area contributed by atoms with Crippen LogP contribution < -0.4 is 15.4 Å². The number of nitrogens with zero attached hydrogens (tertiary/aromatic N) is 4. The molecule has 2 aromatic carbocycles. The average Bonchev–Trinajstić information content (AvgIpc) is 2.91. The molecule has 0 amide bonds. The van der Waals surface area contributed by atoms with Crippen molar-refractivity contribution in [1.82, 2.24) is 19.9 Å². The number of aromatic nitrogens is 3. The van der Waals surface area contributed by atoms with Gasteiger partial charge in [0.05, 0.1) is 37.2 Å². The zero-order chi connectivity index (χ0) is 25.6. The summed E-state index contributed by atoms with van der Waals surface area (Å²) < 4.78 is 39.0. The summed E-state index contributed by atoms with van der Waals surface area (Å²) in [5.74, 6) is -0.129. The van der Waals surface area contributed by atoms with Gasteiger partial charge >= 0.3 is 0 Å². The van der Waals surface area contributed by atoms with Gasteiger partial charge in [-0.1, -0.05) is 12.1 Å². The third kappa shape index (κ3) is 5.92. The van der Waals surface area contributed by atoms with Gasteiger partial charge in [0.15, 0.2) is 5.82 Å². The number of benzene rings is 2. The maximum Gasteiger partial charge on any atom is 0.152 e. The van der Waals surface area contributed by atoms with E-state index >= 15 is 0 Å². The van der Waals surface area contributed by atoms with Crippen molar-refractivity contribution in [2.24, 2.45) is 0 Å². The van der Waals surface area contributed by atoms with Gasteiger partial charge in [0.2, 0.25) is 0 Å². The standard InChI is InChI=1S/C27H28F2N6O2/c1-30-24-14-21-23(15-25(24)37-9-3-6-35-7-10-36-11-8-35)32-17-33-27(21)34-20-5-2-4-18(12-20)26-22(29)13-19(28)16-31-26/h2,4-5,12-17,30H,3,6-11H2,1H3,(H,32,33,34). The number of halogens is 2. The maximum absolute atomic E-state index is 14.3. The minimum Gasteiger partial charge on any atom is -0.491 e. The van der Waals surface area contributed by atoms with Gasteiger partial charge in [0.1, 0.15) is 29.4 Å². The Bertz CT molecular complexity index is 1380. The highest BCUT2D eigenvalue weighted by molar-refractivity contribution is 5.95. The van der Waals surface area contributed by atoms with Gasteiger partial charge in [-0.15, -0.1) is 0 Å². The maximum atomic E-state index is 14.3. The van der Waals surface area contributed by atoms with Crippen LogP contribution in [-0.2, 0) is 4.74 Å². The third-order valence-corrected chi connectivity index (χ3v) is 6.19. The van der Waals surface area contributed by atoms with Crippen LogP contribution in [0.15, 0.2) is 55.0 Å². The summed E-state index contributed by atoms with van der Waals surface area (Å²) >= 11 is 0. The minimum absolute atomic E-state index is 0.0745. The molecule has 5 rings (SSSR count). The zero-order valence-corrected chi connectivity index (χ0v) is 20.5. The SMILES string of the molecule is CNc1cc2c(Nc3cccc(-c4ncc(F)cc4F)c3)ncnc2cc1OCCCN1CCOCC1. The Labute approximate surface area is 213 Å². The second kappa shape index (κ2) is 11.4. The largest absolute Gasteiger partial charge is 0.491 e. The van der Waals surface area contributed by atoms with E-state index in [1.165, 1.54) is 6.33 Å². The minimum atomic E-state index is -0.722. The van der Waals surface area contributed by atoms with E-state index in [-0.39, 0.29) is 5.69 Å². The van der Waals surface area contributed by atoms with Crippen LogP contribution in [0.2, 0.25) is 0 Å². The smallest absolute Gasteiger partial charge is 0.152 e. The van der Waals surface area contributed by atoms with Gasteiger partial charge in [-0.25, -0.2) is 18.7 Å². The molecule has 10 heteroatoms. The molecule has 0 radical (unpaired) electrons. The van der Waals surface area contributed by atoms with Crippen LogP contribution in [0.3, 0.4) is 0 Å². The summed E-state index contributed by atoms with van der Waals surface area (Å²) in [5, 5.41) is 7.28. The number of rotatable bonds is 9. The Balaban J connectivity index is 1.33. The third-order valence-electron chi connectivity index (χ3n) is 6.19. The van der Waals surface area contributed by atoms with E-state index in [9.17, 15) is 8.78 Å². The molecule has 0 spiro atoms. The van der Waals surface area contributed by atoms with Crippen molar-refractivity contribution in [2.75, 3.05) is 57.1 Å². The lowest BCUT2D eigenvalue weighted by atomic mass is 10.1. The summed E-state index contributed by atoms with van der Waals surface area (Å²) in [5.41, 5.74) is 2.82. The number of fused-ring (bicyclic) bond motifs is 1. The molecule has 37 heavy (non-hydrogen) atoms. The number of anilines is 3. The topological polar surface area (TPSA) is 84.4 Å². The highest BCUT2D eigenvalue weighted by Crippen LogP contribution is 2.34. The molecule has 1 aliphatic rings. The van der Waals surface area contributed by atoms with E-state index in [0.717, 1.165) is 73.9 Å². The summed E-state index contributed by atoms with van der Waals surface area (Å²) in [6.45, 7) is 5.06. The molecule has 192 valence electrons. The van der Waals surface area contributed by atoms with Crippen LogP contribution in [0, 0.1) is 11.6 Å². The van der Waals surface area contributed by atoms with Crippen LogP contribution >= 0.6 is 0 Å². The molecule has 0 saturated carbocycles. The highest BCUT2D eigenvalue weighted by Gasteiger charge is 2.14. The van der Waals surface area contributed by atoms with E-state index in [4.69, 9.17) is 9.47 Å². The molecule has 0 unspecified atom stereocenters. The fourth-order valence-electron chi connectivity index (χ4n) is 4.30. The average molecular weight is 507 g/mol. The Morgan fingerprint density at radius 2 is 1.92 bits per heavy atom. The van der Waals surface area contributed by atoms with Crippen molar-refractivity contribution in [3.63, 3.8) is 0 Å². The number of nitrogens with one attached hydrogen (secondary N) is 2. The molecule has 1 saturated heterocycles. The van der Waals surface area contributed by atoms with Gasteiger partial charge < -0.3 is 20.1 Å². The van der Waals surface area contributed by atoms with E-state index in [2.05, 4.69) is 30.5 Å². The first-order valence-corrected chi connectivity index (χ1v) is 12.2. The van der Waals surface area contributed by atoms with Gasteiger partial charge in [-0.2, -0.15) is 0 Å². The van der Waals surface area contributed by atoms with Gasteiger partial charge in [0.25, 0.3) is 0 Å². The summed E-state index contributed by atoms with van der Waals surface area (Å²) in [6.07, 6.45) is 3.40. The van der Waals surface area contributed by atoms with Crippen LogP contribution in [-0.4, -0.2) is 66.4 Å². The monoisotopic (exact) mass is 506 g/mol. The van der Waals surface area contributed by atoms with Crippen molar-refractivity contribution < 1.29 is 18.3 Å². The number of hydrogen-bond acceptors (Lipinski definition) is 8. The lowest BCUT2D eigenvalue weighted by Gasteiger charge is -2.26. The van der Waals surface area contributed by atoms with Crippen molar-refractivity contribution in [3.05, 3.63) is 66.6 Å². The molecule has 0 aliphatic carbocycles. The van der Waals surface area contributed by atoms with E-state index < -0.39 is 11.6 Å². The molecule has 2 aromatic heterocycles. The molecule has 4 aromatic rings. The van der Waals surface area contributed by atoms with Crippen LogP contribution in [0.4, 0.5) is 26.0 Å². The lowest BCUT2D eigenvalue weighted by molar-refractivity contribution is 0.0358. The Morgan fingerprint density at radius 3 is 2.73 bits per heavy atom. The Morgan fingerprint density at radius 1 is 1.05 bits per heavy atom. The summed E-state index contributed by atoms with van der Waals surface area (Å²) in [6, 6.07) is 11.7. The number of morpholine rings is 1. The molecule has 2 N–H and O–H groups in total. The summed E-state index contributed by atoms with van der Waals surface area (Å²) in [4.78, 5) is 15.1. The number of hydrogen-bond donors (Lipinski definition) is 2. The van der Waals surface area contributed by atoms with Crippen molar-refractivity contribution in [1.29, 1.82) is 0 Å². The quantitative estimate of drug-likeness (QED) is 0.312. The van der Waals surface area contributed by atoms with Crippen LogP contribution in [0.1, 0.15) is 6.42 Å². The second-order valence-electron chi connectivity index (χ2n) is 8.68. The molecule has 1 fully saturated rings. The molecule has 8 nitrogen and oxygen atoms in total. The van der Waals surface area contributed by atoms with E-state index in [1.54, 1.807) is 18.2 Å². The van der Waals surface area contributed by atoms with Crippen molar-refractivity contribution in [2.45, 2.75) is 6.42 Å². The molecular weight excluding hydrogens is 478 g/mol. The normalized spacial score (nSPS) is 14.0. The van der Waals surface area contributed by atoms with Gasteiger partial charge in [-0.05, 0) is 24.6 Å². The van der Waals surface area contributed by atoms with Gasteiger partial charge in [0, 0.05) is 55.5 Å². The lowest BCUT2D eigenvalue weighted by Crippen LogP contribution is -2.37. The first kappa shape index (κ1) is 24.8. The first-order chi connectivity index (χ1) is 18.1. The zero-order valence-electron chi connectivity index (χ0n) is 20.5. The Hall–Kier alpha value is -3.89. The fourth-order valence-corrected chi connectivity index (χ4v) is 4.30. The molecule has 0 bridgehead atoms. The molecule has 3 heterocycles. The predicted molar refractivity (Wildman–Crippen MR) is 139 cm³/mol. The van der Waals surface area contributed by atoms with E-state index in [0.29, 0.717) is 23.7 Å². The highest BCUT2D eigenvalue weighted by atomic mass is 19.1. The summed E-state index contributed by atoms with van der Waals surface area (Å²) in [7, 11) is 1.84. The Kier molecular flexibility index (Phi) is 7.67. The molecule has 1 aliphatic heterocycles. The van der Waals surface area contributed by atoms with Crippen molar-refractivity contribution >= 4 is 28.1 Å². The van der Waals surface area contributed by atoms with Crippen LogP contribution in [0.25, 0.3) is 22.2 Å². The van der Waals surface area contributed by atoms with Crippen LogP contribution in [0.5, 0.6) is 5.75 Å². The molecule has 0 atom stereocenters. The number of pyridine rings is 1. The molecular formula is C27H28F2N6O2. The second-order valence-corrected chi connectivity index (χ2v) is 8.68.